The Morgan fingerprint density at radius 1 is 0.900 bits per heavy atom. The Kier molecular flexibility index (Phi) is 10.2. The molecule has 1 aromatic rings. The molecule has 0 unspecified atom stereocenters. The molecule has 2 aliphatic carbocycles. The molecule has 166 valence electrons. The Hall–Kier alpha value is -1.34. The third kappa shape index (κ3) is 7.41. The Morgan fingerprint density at radius 3 is 2.20 bits per heavy atom. The molecule has 0 atom stereocenters. The van der Waals surface area contributed by atoms with Crippen molar-refractivity contribution in [3.05, 3.63) is 60.2 Å². The first-order chi connectivity index (χ1) is 14.8. The summed E-state index contributed by atoms with van der Waals surface area (Å²) in [6, 6.07) is 9.30. The molecule has 0 amide bonds. The van der Waals surface area contributed by atoms with Crippen LogP contribution in [0.3, 0.4) is 0 Å². The van der Waals surface area contributed by atoms with Crippen LogP contribution >= 0.6 is 0 Å². The third-order valence-corrected chi connectivity index (χ3v) is 7.73. The van der Waals surface area contributed by atoms with Crippen LogP contribution in [-0.2, 0) is 11.3 Å². The minimum absolute atomic E-state index is 0.737. The number of rotatable bonds is 11. The van der Waals surface area contributed by atoms with Gasteiger partial charge < -0.3 is 4.74 Å². The highest BCUT2D eigenvalue weighted by molar-refractivity contribution is 5.25. The first kappa shape index (κ1) is 23.3. The molecule has 2 aliphatic rings. The zero-order chi connectivity index (χ0) is 21.0. The molecular weight excluding hydrogens is 364 g/mol. The van der Waals surface area contributed by atoms with Crippen LogP contribution in [0.1, 0.15) is 101 Å². The number of hydrogen-bond acceptors (Lipinski definition) is 1. The average Bonchev–Trinajstić information content (AvgIpc) is 2.80. The molecule has 1 aromatic carbocycles. The zero-order valence-corrected chi connectivity index (χ0v) is 19.4. The van der Waals surface area contributed by atoms with Gasteiger partial charge in [0.2, 0.25) is 0 Å². The normalized spacial score (nSPS) is 27.4. The fourth-order valence-electron chi connectivity index (χ4n) is 5.82. The Balaban J connectivity index is 1.36. The van der Waals surface area contributed by atoms with E-state index >= 15 is 0 Å². The van der Waals surface area contributed by atoms with Crippen LogP contribution in [0.5, 0.6) is 0 Å². The number of benzene rings is 1. The Bertz CT molecular complexity index is 612. The molecule has 1 heteroatoms. The van der Waals surface area contributed by atoms with E-state index in [4.69, 9.17) is 4.74 Å². The number of ether oxygens (including phenoxy) is 1. The van der Waals surface area contributed by atoms with E-state index in [0.717, 1.165) is 43.3 Å². The SMILES string of the molecule is C=CCCC[C@H]1CC[C@H]([C@H]2CC[C@H](c3ccc(COCCC=CC)cc3)CC2)CC1. The summed E-state index contributed by atoms with van der Waals surface area (Å²) in [5.74, 6) is 3.80. The van der Waals surface area contributed by atoms with Crippen LogP contribution in [0.25, 0.3) is 0 Å². The predicted octanol–water partition coefficient (Wildman–Crippen LogP) is 8.61. The van der Waals surface area contributed by atoms with E-state index in [0.29, 0.717) is 0 Å². The van der Waals surface area contributed by atoms with Gasteiger partial charge in [-0.1, -0.05) is 61.8 Å². The van der Waals surface area contributed by atoms with E-state index in [9.17, 15) is 0 Å². The Morgan fingerprint density at radius 2 is 1.57 bits per heavy atom. The number of hydrogen-bond donors (Lipinski definition) is 0. The third-order valence-electron chi connectivity index (χ3n) is 7.73. The molecule has 0 heterocycles. The molecule has 0 aromatic heterocycles. The van der Waals surface area contributed by atoms with Crippen molar-refractivity contribution in [3.8, 4) is 0 Å². The lowest BCUT2D eigenvalue weighted by Crippen LogP contribution is -2.25. The van der Waals surface area contributed by atoms with Crippen molar-refractivity contribution in [1.82, 2.24) is 0 Å². The van der Waals surface area contributed by atoms with E-state index in [1.54, 1.807) is 5.56 Å². The van der Waals surface area contributed by atoms with Gasteiger partial charge in [0.15, 0.2) is 0 Å². The van der Waals surface area contributed by atoms with Crippen LogP contribution < -0.4 is 0 Å². The first-order valence-corrected chi connectivity index (χ1v) is 12.7. The number of unbranched alkanes of at least 4 members (excludes halogenated alkanes) is 1. The van der Waals surface area contributed by atoms with Crippen LogP contribution in [0.2, 0.25) is 0 Å². The summed E-state index contributed by atoms with van der Waals surface area (Å²) in [5, 5.41) is 0. The maximum absolute atomic E-state index is 5.77. The topological polar surface area (TPSA) is 9.23 Å². The monoisotopic (exact) mass is 408 g/mol. The van der Waals surface area contributed by atoms with Crippen LogP contribution in [0.15, 0.2) is 49.1 Å². The molecule has 2 fully saturated rings. The Labute approximate surface area is 186 Å². The summed E-state index contributed by atoms with van der Waals surface area (Å²) < 4.78 is 5.77. The van der Waals surface area contributed by atoms with Crippen molar-refractivity contribution >= 4 is 0 Å². The van der Waals surface area contributed by atoms with Crippen LogP contribution in [-0.4, -0.2) is 6.61 Å². The molecule has 30 heavy (non-hydrogen) atoms. The number of allylic oxidation sites excluding steroid dienone is 2. The first-order valence-electron chi connectivity index (χ1n) is 12.7. The summed E-state index contributed by atoms with van der Waals surface area (Å²) >= 11 is 0. The van der Waals surface area contributed by atoms with Gasteiger partial charge in [-0.25, -0.2) is 0 Å². The molecule has 0 aliphatic heterocycles. The van der Waals surface area contributed by atoms with Crippen molar-refractivity contribution < 1.29 is 4.74 Å². The van der Waals surface area contributed by atoms with E-state index < -0.39 is 0 Å². The van der Waals surface area contributed by atoms with Gasteiger partial charge in [0.1, 0.15) is 0 Å². The lowest BCUT2D eigenvalue weighted by atomic mass is 9.68. The smallest absolute Gasteiger partial charge is 0.0717 e. The van der Waals surface area contributed by atoms with Gasteiger partial charge in [-0.05, 0) is 99.5 Å². The highest BCUT2D eigenvalue weighted by Gasteiger charge is 2.31. The summed E-state index contributed by atoms with van der Waals surface area (Å²) in [5.41, 5.74) is 2.86. The molecule has 0 bridgehead atoms. The highest BCUT2D eigenvalue weighted by atomic mass is 16.5. The maximum Gasteiger partial charge on any atom is 0.0717 e. The van der Waals surface area contributed by atoms with E-state index in [2.05, 4.69) is 56.0 Å². The minimum atomic E-state index is 0.737. The lowest BCUT2D eigenvalue weighted by Gasteiger charge is -2.38. The predicted molar refractivity (Wildman–Crippen MR) is 130 cm³/mol. The highest BCUT2D eigenvalue weighted by Crippen LogP contribution is 2.44. The molecular formula is C29H44O. The van der Waals surface area contributed by atoms with Crippen molar-refractivity contribution in [2.75, 3.05) is 6.61 Å². The van der Waals surface area contributed by atoms with Gasteiger partial charge in [0, 0.05) is 0 Å². The summed E-state index contributed by atoms with van der Waals surface area (Å²) in [4.78, 5) is 0. The van der Waals surface area contributed by atoms with Crippen molar-refractivity contribution in [2.45, 2.75) is 96.5 Å². The second kappa shape index (κ2) is 13.2. The van der Waals surface area contributed by atoms with Gasteiger partial charge >= 0.3 is 0 Å². The van der Waals surface area contributed by atoms with E-state index in [1.807, 2.05) is 0 Å². The van der Waals surface area contributed by atoms with Crippen molar-refractivity contribution in [1.29, 1.82) is 0 Å². The fourth-order valence-corrected chi connectivity index (χ4v) is 5.82. The summed E-state index contributed by atoms with van der Waals surface area (Å²) in [6.45, 7) is 7.47. The molecule has 1 nitrogen and oxygen atoms in total. The molecule has 0 saturated heterocycles. The molecule has 0 radical (unpaired) electrons. The maximum atomic E-state index is 5.77. The quantitative estimate of drug-likeness (QED) is 0.263. The summed E-state index contributed by atoms with van der Waals surface area (Å²) in [7, 11) is 0. The van der Waals surface area contributed by atoms with Gasteiger partial charge in [-0.2, -0.15) is 0 Å². The standard InChI is InChI=1S/C29H44O/c1-3-5-7-9-24-10-14-26(15-11-24)28-18-20-29(21-19-28)27-16-12-25(13-17-27)23-30-22-8-6-4-2/h3-4,6,12-13,16-17,24,26,28-29H,1,5,7-11,14-15,18-23H2,2H3/t24-,26-,28-,29-. The van der Waals surface area contributed by atoms with Gasteiger partial charge in [0.05, 0.1) is 13.2 Å². The van der Waals surface area contributed by atoms with Crippen LogP contribution in [0.4, 0.5) is 0 Å². The zero-order valence-electron chi connectivity index (χ0n) is 19.4. The van der Waals surface area contributed by atoms with Gasteiger partial charge in [-0.15, -0.1) is 6.58 Å². The summed E-state index contributed by atoms with van der Waals surface area (Å²) in [6.07, 6.45) is 23.0. The molecule has 3 rings (SSSR count). The van der Waals surface area contributed by atoms with Crippen molar-refractivity contribution in [3.63, 3.8) is 0 Å². The fraction of sp³-hybridized carbons (Fsp3) is 0.655. The lowest BCUT2D eigenvalue weighted by molar-refractivity contribution is 0.125. The van der Waals surface area contributed by atoms with Crippen LogP contribution in [0, 0.1) is 17.8 Å². The largest absolute Gasteiger partial charge is 0.376 e. The van der Waals surface area contributed by atoms with Gasteiger partial charge in [-0.3, -0.25) is 0 Å². The average molecular weight is 409 g/mol. The van der Waals surface area contributed by atoms with Gasteiger partial charge in [0.25, 0.3) is 0 Å². The molecule has 0 spiro atoms. The molecule has 2 saturated carbocycles. The minimum Gasteiger partial charge on any atom is -0.376 e. The van der Waals surface area contributed by atoms with E-state index in [-0.39, 0.29) is 0 Å². The second-order valence-electron chi connectivity index (χ2n) is 9.76. The van der Waals surface area contributed by atoms with Crippen molar-refractivity contribution in [2.24, 2.45) is 17.8 Å². The second-order valence-corrected chi connectivity index (χ2v) is 9.76. The molecule has 0 N–H and O–H groups in total. The van der Waals surface area contributed by atoms with E-state index in [1.165, 1.54) is 76.2 Å².